The molecule has 0 aromatic heterocycles. The first-order chi connectivity index (χ1) is 16.0. The van der Waals surface area contributed by atoms with Crippen molar-refractivity contribution in [2.24, 2.45) is 0 Å². The van der Waals surface area contributed by atoms with Gasteiger partial charge in [0.25, 0.3) is 5.91 Å². The summed E-state index contributed by atoms with van der Waals surface area (Å²) in [5, 5.41) is 4.89. The van der Waals surface area contributed by atoms with Crippen molar-refractivity contribution in [1.29, 1.82) is 0 Å². The average Bonchev–Trinajstić information content (AvgIpc) is 2.79. The molecule has 0 heterocycles. The van der Waals surface area contributed by atoms with E-state index in [1.54, 1.807) is 18.2 Å². The van der Waals surface area contributed by atoms with Crippen LogP contribution in [0.1, 0.15) is 15.9 Å². The Labute approximate surface area is 194 Å². The van der Waals surface area contributed by atoms with Crippen LogP contribution >= 0.6 is 0 Å². The molecule has 0 unspecified atom stereocenters. The molecule has 0 spiro atoms. The third-order valence-electron chi connectivity index (χ3n) is 4.67. The zero-order valence-corrected chi connectivity index (χ0v) is 18.7. The van der Waals surface area contributed by atoms with Gasteiger partial charge in [0, 0.05) is 24.0 Å². The summed E-state index contributed by atoms with van der Waals surface area (Å²) in [5.74, 6) is -1.32. The number of likely N-dealkylation sites (N-methyl/N-ethyl adjacent to an activating group) is 1. The molecule has 7 nitrogen and oxygen atoms in total. The van der Waals surface area contributed by atoms with Crippen LogP contribution in [0.15, 0.2) is 83.8 Å². The lowest BCUT2D eigenvalue weighted by Crippen LogP contribution is -2.35. The van der Waals surface area contributed by atoms with E-state index in [0.29, 0.717) is 0 Å². The van der Waals surface area contributed by atoms with Crippen LogP contribution in [-0.4, -0.2) is 38.1 Å². The lowest BCUT2D eigenvalue weighted by molar-refractivity contribution is -0.137. The molecule has 0 atom stereocenters. The van der Waals surface area contributed by atoms with Crippen molar-refractivity contribution >= 4 is 33.2 Å². The van der Waals surface area contributed by atoms with Gasteiger partial charge in [-0.1, -0.05) is 30.3 Å². The van der Waals surface area contributed by atoms with Gasteiger partial charge in [0.05, 0.1) is 17.0 Å². The molecule has 2 amide bonds. The smallest absolute Gasteiger partial charge is 0.325 e. The summed E-state index contributed by atoms with van der Waals surface area (Å²) >= 11 is 0. The summed E-state index contributed by atoms with van der Waals surface area (Å²) in [4.78, 5) is 24.9. The molecule has 0 fully saturated rings. The van der Waals surface area contributed by atoms with E-state index < -0.39 is 40.1 Å². The van der Waals surface area contributed by atoms with Crippen molar-refractivity contribution in [1.82, 2.24) is 4.31 Å². The lowest BCUT2D eigenvalue weighted by atomic mass is 10.1. The van der Waals surface area contributed by atoms with Gasteiger partial charge in [0.1, 0.15) is 0 Å². The maximum Gasteiger partial charge on any atom is 0.416 e. The number of halogens is 3. The summed E-state index contributed by atoms with van der Waals surface area (Å²) in [7, 11) is -2.60. The van der Waals surface area contributed by atoms with E-state index in [4.69, 9.17) is 0 Å². The minimum atomic E-state index is -4.55. The standard InChI is InChI=1S/C23H20F3N3O4S/c1-29(34(32,33)20-11-3-2-4-12-20)15-21(30)27-18-9-5-7-16(13-18)22(31)28-19-10-6-8-17(14-19)23(24,25)26/h2-14H,15H2,1H3,(H,27,30)(H,28,31). The number of sulfonamides is 1. The molecule has 0 saturated heterocycles. The first-order valence-corrected chi connectivity index (χ1v) is 11.3. The fourth-order valence-electron chi connectivity index (χ4n) is 2.97. The molecular formula is C23H20F3N3O4S. The third-order valence-corrected chi connectivity index (χ3v) is 6.49. The quantitative estimate of drug-likeness (QED) is 0.518. The molecule has 0 aliphatic carbocycles. The van der Waals surface area contributed by atoms with Gasteiger partial charge in [-0.3, -0.25) is 9.59 Å². The second kappa shape index (κ2) is 10.1. The molecule has 34 heavy (non-hydrogen) atoms. The van der Waals surface area contributed by atoms with Crippen LogP contribution in [0.5, 0.6) is 0 Å². The predicted molar refractivity (Wildman–Crippen MR) is 121 cm³/mol. The Bertz CT molecular complexity index is 1300. The molecule has 0 bridgehead atoms. The molecule has 0 aliphatic rings. The average molecular weight is 491 g/mol. The van der Waals surface area contributed by atoms with E-state index in [-0.39, 0.29) is 21.8 Å². The fourth-order valence-corrected chi connectivity index (χ4v) is 4.12. The number of hydrogen-bond donors (Lipinski definition) is 2. The Balaban J connectivity index is 1.66. The molecule has 3 aromatic rings. The number of rotatable bonds is 7. The normalized spacial score (nSPS) is 11.8. The summed E-state index contributed by atoms with van der Waals surface area (Å²) in [5.41, 5.74) is -0.643. The number of benzene rings is 3. The number of nitrogens with zero attached hydrogens (tertiary/aromatic N) is 1. The number of amides is 2. The number of alkyl halides is 3. The van der Waals surface area contributed by atoms with Gasteiger partial charge in [0.15, 0.2) is 0 Å². The van der Waals surface area contributed by atoms with E-state index in [1.807, 2.05) is 0 Å². The molecule has 178 valence electrons. The van der Waals surface area contributed by atoms with Gasteiger partial charge in [-0.05, 0) is 48.5 Å². The summed E-state index contributed by atoms with van der Waals surface area (Å²) in [6, 6.07) is 17.5. The van der Waals surface area contributed by atoms with Crippen LogP contribution in [0, 0.1) is 0 Å². The number of carbonyl (C=O) groups is 2. The van der Waals surface area contributed by atoms with Crippen molar-refractivity contribution in [3.8, 4) is 0 Å². The monoisotopic (exact) mass is 491 g/mol. The maximum atomic E-state index is 12.9. The van der Waals surface area contributed by atoms with Gasteiger partial charge >= 0.3 is 6.18 Å². The van der Waals surface area contributed by atoms with Crippen LogP contribution in [-0.2, 0) is 21.0 Å². The second-order valence-electron chi connectivity index (χ2n) is 7.24. The zero-order chi connectivity index (χ0) is 24.9. The fraction of sp³-hybridized carbons (Fsp3) is 0.130. The Morgan fingerprint density at radius 2 is 1.47 bits per heavy atom. The Morgan fingerprint density at radius 1 is 0.853 bits per heavy atom. The van der Waals surface area contributed by atoms with E-state index in [2.05, 4.69) is 10.6 Å². The topological polar surface area (TPSA) is 95.6 Å². The number of anilines is 2. The Hall–Kier alpha value is -3.70. The highest BCUT2D eigenvalue weighted by molar-refractivity contribution is 7.89. The number of hydrogen-bond acceptors (Lipinski definition) is 4. The second-order valence-corrected chi connectivity index (χ2v) is 9.28. The van der Waals surface area contributed by atoms with E-state index in [0.717, 1.165) is 16.4 Å². The number of nitrogens with one attached hydrogen (secondary N) is 2. The Kier molecular flexibility index (Phi) is 7.38. The van der Waals surface area contributed by atoms with Gasteiger partial charge in [-0.25, -0.2) is 8.42 Å². The largest absolute Gasteiger partial charge is 0.416 e. The molecule has 3 rings (SSSR count). The molecule has 0 radical (unpaired) electrons. The minimum absolute atomic E-state index is 0.0398. The van der Waals surface area contributed by atoms with Crippen LogP contribution in [0.3, 0.4) is 0 Å². The van der Waals surface area contributed by atoms with Gasteiger partial charge in [-0.15, -0.1) is 0 Å². The first kappa shape index (κ1) is 24.9. The van der Waals surface area contributed by atoms with Crippen molar-refractivity contribution in [2.45, 2.75) is 11.1 Å². The highest BCUT2D eigenvalue weighted by Crippen LogP contribution is 2.30. The van der Waals surface area contributed by atoms with E-state index in [1.165, 1.54) is 55.6 Å². The molecule has 2 N–H and O–H groups in total. The van der Waals surface area contributed by atoms with Crippen LogP contribution in [0.25, 0.3) is 0 Å². The minimum Gasteiger partial charge on any atom is -0.325 e. The van der Waals surface area contributed by atoms with Gasteiger partial charge in [-0.2, -0.15) is 17.5 Å². The maximum absolute atomic E-state index is 12.9. The Morgan fingerprint density at radius 3 is 2.12 bits per heavy atom. The first-order valence-electron chi connectivity index (χ1n) is 9.87. The number of carbonyl (C=O) groups excluding carboxylic acids is 2. The van der Waals surface area contributed by atoms with Crippen molar-refractivity contribution < 1.29 is 31.2 Å². The van der Waals surface area contributed by atoms with E-state index >= 15 is 0 Å². The molecule has 0 aliphatic heterocycles. The zero-order valence-electron chi connectivity index (χ0n) is 17.8. The SMILES string of the molecule is CN(CC(=O)Nc1cccc(C(=O)Nc2cccc(C(F)(F)F)c2)c1)S(=O)(=O)c1ccccc1. The summed E-state index contributed by atoms with van der Waals surface area (Å²) in [6.45, 7) is -0.474. The van der Waals surface area contributed by atoms with Gasteiger partial charge in [0.2, 0.25) is 15.9 Å². The van der Waals surface area contributed by atoms with Crippen LogP contribution in [0.2, 0.25) is 0 Å². The highest BCUT2D eigenvalue weighted by Gasteiger charge is 2.30. The third kappa shape index (κ3) is 6.21. The van der Waals surface area contributed by atoms with Crippen molar-refractivity contribution in [3.63, 3.8) is 0 Å². The van der Waals surface area contributed by atoms with Crippen LogP contribution in [0.4, 0.5) is 24.5 Å². The van der Waals surface area contributed by atoms with E-state index in [9.17, 15) is 31.2 Å². The molecule has 11 heteroatoms. The van der Waals surface area contributed by atoms with Crippen molar-refractivity contribution in [2.75, 3.05) is 24.2 Å². The molecule has 0 saturated carbocycles. The lowest BCUT2D eigenvalue weighted by Gasteiger charge is -2.17. The highest BCUT2D eigenvalue weighted by atomic mass is 32.2. The van der Waals surface area contributed by atoms with Crippen molar-refractivity contribution in [3.05, 3.63) is 90.0 Å². The molecule has 3 aromatic carbocycles. The summed E-state index contributed by atoms with van der Waals surface area (Å²) in [6.07, 6.45) is -4.55. The van der Waals surface area contributed by atoms with Gasteiger partial charge < -0.3 is 10.6 Å². The van der Waals surface area contributed by atoms with Crippen LogP contribution < -0.4 is 10.6 Å². The molecular weight excluding hydrogens is 471 g/mol. The predicted octanol–water partition coefficient (Wildman–Crippen LogP) is 4.22. The summed E-state index contributed by atoms with van der Waals surface area (Å²) < 4.78 is 64.6.